The number of benzene rings is 1. The van der Waals surface area contributed by atoms with Crippen molar-refractivity contribution in [3.05, 3.63) is 23.8 Å². The van der Waals surface area contributed by atoms with E-state index in [9.17, 15) is 0 Å². The van der Waals surface area contributed by atoms with Gasteiger partial charge in [-0.05, 0) is 43.9 Å². The minimum atomic E-state index is 0.745. The Bertz CT molecular complexity index is 342. The van der Waals surface area contributed by atoms with Crippen molar-refractivity contribution in [2.75, 3.05) is 17.2 Å². The molecule has 0 unspecified atom stereocenters. The lowest BCUT2D eigenvalue weighted by Crippen LogP contribution is -2.27. The summed E-state index contributed by atoms with van der Waals surface area (Å²) in [6.07, 6.45) is 3.84. The van der Waals surface area contributed by atoms with Crippen molar-refractivity contribution < 1.29 is 0 Å². The SMILES string of the molecule is CCCN(c1ccc(C)cc1N)C1CC1. The third-order valence-corrected chi connectivity index (χ3v) is 2.94. The minimum absolute atomic E-state index is 0.745. The van der Waals surface area contributed by atoms with Crippen LogP contribution >= 0.6 is 0 Å². The third kappa shape index (κ3) is 2.25. The third-order valence-electron chi connectivity index (χ3n) is 2.94. The van der Waals surface area contributed by atoms with Crippen molar-refractivity contribution in [1.82, 2.24) is 0 Å². The van der Waals surface area contributed by atoms with Gasteiger partial charge in [0, 0.05) is 12.6 Å². The highest BCUT2D eigenvalue weighted by molar-refractivity contribution is 5.69. The number of hydrogen-bond donors (Lipinski definition) is 1. The van der Waals surface area contributed by atoms with Gasteiger partial charge in [0.15, 0.2) is 0 Å². The Hall–Kier alpha value is -1.18. The molecule has 0 amide bonds. The lowest BCUT2D eigenvalue weighted by atomic mass is 10.1. The molecule has 1 aliphatic rings. The van der Waals surface area contributed by atoms with Gasteiger partial charge in [-0.15, -0.1) is 0 Å². The van der Waals surface area contributed by atoms with Gasteiger partial charge in [0.05, 0.1) is 11.4 Å². The molecule has 1 saturated carbocycles. The lowest BCUT2D eigenvalue weighted by Gasteiger charge is -2.25. The molecule has 2 N–H and O–H groups in total. The van der Waals surface area contributed by atoms with Crippen molar-refractivity contribution in [2.24, 2.45) is 0 Å². The second kappa shape index (κ2) is 4.13. The maximum atomic E-state index is 6.08. The second-order valence-electron chi connectivity index (χ2n) is 4.49. The monoisotopic (exact) mass is 204 g/mol. The van der Waals surface area contributed by atoms with Gasteiger partial charge in [-0.3, -0.25) is 0 Å². The number of nitrogen functional groups attached to an aromatic ring is 1. The summed E-state index contributed by atoms with van der Waals surface area (Å²) in [7, 11) is 0. The molecule has 1 aliphatic carbocycles. The van der Waals surface area contributed by atoms with Crippen molar-refractivity contribution in [2.45, 2.75) is 39.2 Å². The maximum Gasteiger partial charge on any atom is 0.0602 e. The van der Waals surface area contributed by atoms with Crippen LogP contribution in [0.5, 0.6) is 0 Å². The van der Waals surface area contributed by atoms with E-state index in [1.54, 1.807) is 0 Å². The number of anilines is 2. The van der Waals surface area contributed by atoms with Gasteiger partial charge >= 0.3 is 0 Å². The summed E-state index contributed by atoms with van der Waals surface area (Å²) in [5, 5.41) is 0. The van der Waals surface area contributed by atoms with Crippen molar-refractivity contribution in [3.63, 3.8) is 0 Å². The molecule has 15 heavy (non-hydrogen) atoms. The Labute approximate surface area is 92.1 Å². The second-order valence-corrected chi connectivity index (χ2v) is 4.49. The van der Waals surface area contributed by atoms with Crippen LogP contribution in [0.1, 0.15) is 31.7 Å². The van der Waals surface area contributed by atoms with Crippen LogP contribution in [0.15, 0.2) is 18.2 Å². The molecule has 0 spiro atoms. The molecule has 0 bridgehead atoms. The predicted octanol–water partition coefficient (Wildman–Crippen LogP) is 2.96. The Balaban J connectivity index is 2.24. The van der Waals surface area contributed by atoms with Crippen LogP contribution in [0.2, 0.25) is 0 Å². The topological polar surface area (TPSA) is 29.3 Å². The molecule has 0 radical (unpaired) electrons. The van der Waals surface area contributed by atoms with E-state index in [2.05, 4.69) is 36.9 Å². The van der Waals surface area contributed by atoms with E-state index in [1.165, 1.54) is 30.5 Å². The van der Waals surface area contributed by atoms with Gasteiger partial charge < -0.3 is 10.6 Å². The van der Waals surface area contributed by atoms with E-state index >= 15 is 0 Å². The van der Waals surface area contributed by atoms with Crippen LogP contribution in [-0.2, 0) is 0 Å². The molecular weight excluding hydrogens is 184 g/mol. The quantitative estimate of drug-likeness (QED) is 0.764. The van der Waals surface area contributed by atoms with E-state index in [1.807, 2.05) is 0 Å². The molecule has 2 heteroatoms. The number of nitrogens with zero attached hydrogens (tertiary/aromatic N) is 1. The van der Waals surface area contributed by atoms with E-state index in [0.29, 0.717) is 0 Å². The van der Waals surface area contributed by atoms with Gasteiger partial charge in [0.1, 0.15) is 0 Å². The average Bonchev–Trinajstić information content (AvgIpc) is 2.98. The fraction of sp³-hybridized carbons (Fsp3) is 0.538. The fourth-order valence-corrected chi connectivity index (χ4v) is 2.06. The van der Waals surface area contributed by atoms with Gasteiger partial charge in [0.25, 0.3) is 0 Å². The van der Waals surface area contributed by atoms with Crippen molar-refractivity contribution >= 4 is 11.4 Å². The Morgan fingerprint density at radius 2 is 2.13 bits per heavy atom. The number of rotatable bonds is 4. The zero-order valence-corrected chi connectivity index (χ0v) is 9.66. The van der Waals surface area contributed by atoms with Crippen LogP contribution < -0.4 is 10.6 Å². The largest absolute Gasteiger partial charge is 0.397 e. The number of aryl methyl sites for hydroxylation is 1. The predicted molar refractivity (Wildman–Crippen MR) is 66.3 cm³/mol. The molecule has 0 saturated heterocycles. The molecule has 82 valence electrons. The van der Waals surface area contributed by atoms with Crippen LogP contribution in [0.25, 0.3) is 0 Å². The standard InChI is InChI=1S/C13H20N2/c1-3-8-15(11-5-6-11)13-7-4-10(2)9-12(13)14/h4,7,9,11H,3,5-6,8,14H2,1-2H3. The molecule has 0 aliphatic heterocycles. The first-order valence-corrected chi connectivity index (χ1v) is 5.85. The van der Waals surface area contributed by atoms with Gasteiger partial charge in [-0.1, -0.05) is 13.0 Å². The lowest BCUT2D eigenvalue weighted by molar-refractivity contribution is 0.764. The van der Waals surface area contributed by atoms with Crippen molar-refractivity contribution in [3.8, 4) is 0 Å². The fourth-order valence-electron chi connectivity index (χ4n) is 2.06. The molecule has 0 atom stereocenters. The van der Waals surface area contributed by atoms with Crippen molar-refractivity contribution in [1.29, 1.82) is 0 Å². The summed E-state index contributed by atoms with van der Waals surface area (Å²) in [5.41, 5.74) is 9.47. The summed E-state index contributed by atoms with van der Waals surface area (Å²) < 4.78 is 0. The highest BCUT2D eigenvalue weighted by Crippen LogP contribution is 2.35. The molecule has 1 aromatic carbocycles. The van der Waals surface area contributed by atoms with Crippen LogP contribution in [0.3, 0.4) is 0 Å². The van der Waals surface area contributed by atoms with Gasteiger partial charge in [-0.25, -0.2) is 0 Å². The minimum Gasteiger partial charge on any atom is -0.397 e. The average molecular weight is 204 g/mol. The highest BCUT2D eigenvalue weighted by Gasteiger charge is 2.29. The Morgan fingerprint density at radius 1 is 1.40 bits per heavy atom. The summed E-state index contributed by atoms with van der Waals surface area (Å²) in [5.74, 6) is 0. The van der Waals surface area contributed by atoms with Gasteiger partial charge in [-0.2, -0.15) is 0 Å². The van der Waals surface area contributed by atoms with Crippen LogP contribution in [0.4, 0.5) is 11.4 Å². The first kappa shape index (κ1) is 10.3. The molecule has 0 aromatic heterocycles. The zero-order valence-electron chi connectivity index (χ0n) is 9.66. The Morgan fingerprint density at radius 3 is 2.67 bits per heavy atom. The molecule has 2 rings (SSSR count). The van der Waals surface area contributed by atoms with E-state index in [0.717, 1.165) is 18.3 Å². The molecule has 2 nitrogen and oxygen atoms in total. The number of hydrogen-bond acceptors (Lipinski definition) is 2. The normalized spacial score (nSPS) is 15.3. The highest BCUT2D eigenvalue weighted by atomic mass is 15.2. The first-order valence-electron chi connectivity index (χ1n) is 5.85. The van der Waals surface area contributed by atoms with E-state index in [4.69, 9.17) is 5.73 Å². The van der Waals surface area contributed by atoms with E-state index in [-0.39, 0.29) is 0 Å². The summed E-state index contributed by atoms with van der Waals surface area (Å²) in [6.45, 7) is 5.43. The summed E-state index contributed by atoms with van der Waals surface area (Å²) in [4.78, 5) is 2.47. The van der Waals surface area contributed by atoms with Crippen LogP contribution in [-0.4, -0.2) is 12.6 Å². The molecule has 1 fully saturated rings. The molecule has 1 aromatic rings. The van der Waals surface area contributed by atoms with Crippen LogP contribution in [0, 0.1) is 6.92 Å². The number of nitrogens with two attached hydrogens (primary N) is 1. The maximum absolute atomic E-state index is 6.08. The smallest absolute Gasteiger partial charge is 0.0602 e. The first-order chi connectivity index (χ1) is 7.22. The zero-order chi connectivity index (χ0) is 10.8. The molecular formula is C13H20N2. The summed E-state index contributed by atoms with van der Waals surface area (Å²) in [6, 6.07) is 7.13. The Kier molecular flexibility index (Phi) is 2.85. The van der Waals surface area contributed by atoms with Gasteiger partial charge in [0.2, 0.25) is 0 Å². The summed E-state index contributed by atoms with van der Waals surface area (Å²) >= 11 is 0. The molecule has 0 heterocycles. The van der Waals surface area contributed by atoms with E-state index < -0.39 is 0 Å².